The summed E-state index contributed by atoms with van der Waals surface area (Å²) in [6.07, 6.45) is -2.59. The summed E-state index contributed by atoms with van der Waals surface area (Å²) in [5.74, 6) is 0. The summed E-state index contributed by atoms with van der Waals surface area (Å²) in [5.41, 5.74) is -1.15. The number of aryl methyl sites for hydroxylation is 1. The Hall–Kier alpha value is -1.39. The van der Waals surface area contributed by atoms with Crippen molar-refractivity contribution in [2.45, 2.75) is 31.6 Å². The molecule has 0 saturated carbocycles. The van der Waals surface area contributed by atoms with Crippen LogP contribution in [0.3, 0.4) is 0 Å². The molecule has 0 amide bonds. The Kier molecular flexibility index (Phi) is 2.48. The van der Waals surface area contributed by atoms with Crippen molar-refractivity contribution in [2.75, 3.05) is 0 Å². The molecule has 86 valence electrons. The van der Waals surface area contributed by atoms with Crippen molar-refractivity contribution in [2.24, 2.45) is 10.2 Å². The van der Waals surface area contributed by atoms with E-state index in [1.165, 1.54) is 12.1 Å². The summed E-state index contributed by atoms with van der Waals surface area (Å²) < 4.78 is 37.9. The molecular weight excluding hydrogens is 217 g/mol. The van der Waals surface area contributed by atoms with Gasteiger partial charge in [0.15, 0.2) is 0 Å². The summed E-state index contributed by atoms with van der Waals surface area (Å²) in [5, 5.41) is 6.30. The fourth-order valence-corrected chi connectivity index (χ4v) is 1.64. The molecule has 0 radical (unpaired) electrons. The summed E-state index contributed by atoms with van der Waals surface area (Å²) in [4.78, 5) is 0. The molecule has 0 unspecified atom stereocenters. The van der Waals surface area contributed by atoms with E-state index >= 15 is 0 Å². The lowest BCUT2D eigenvalue weighted by atomic mass is 10.00. The molecule has 1 heterocycles. The zero-order valence-corrected chi connectivity index (χ0v) is 8.75. The summed E-state index contributed by atoms with van der Waals surface area (Å²) in [6.45, 7) is 2.02. The molecule has 1 aliphatic heterocycles. The van der Waals surface area contributed by atoms with Crippen molar-refractivity contribution >= 4 is 0 Å². The summed E-state index contributed by atoms with van der Waals surface area (Å²) in [7, 11) is 0. The van der Waals surface area contributed by atoms with E-state index in [9.17, 15) is 13.2 Å². The second-order valence-corrected chi connectivity index (χ2v) is 3.82. The second kappa shape index (κ2) is 3.57. The summed E-state index contributed by atoms with van der Waals surface area (Å²) >= 11 is 0. The molecule has 0 atom stereocenters. The van der Waals surface area contributed by atoms with Crippen LogP contribution in [0, 0.1) is 0 Å². The highest BCUT2D eigenvalue weighted by molar-refractivity contribution is 5.32. The van der Waals surface area contributed by atoms with Gasteiger partial charge in [0.05, 0.1) is 0 Å². The van der Waals surface area contributed by atoms with Gasteiger partial charge >= 0.3 is 11.8 Å². The first-order chi connectivity index (χ1) is 7.49. The average molecular weight is 228 g/mol. The van der Waals surface area contributed by atoms with Crippen LogP contribution in [0.1, 0.15) is 24.5 Å². The molecule has 1 aliphatic rings. The van der Waals surface area contributed by atoms with Crippen LogP contribution in [0.4, 0.5) is 13.2 Å². The van der Waals surface area contributed by atoms with Crippen LogP contribution in [0.15, 0.2) is 34.5 Å². The Bertz CT molecular complexity index is 400. The molecule has 1 aromatic carbocycles. The third-order valence-corrected chi connectivity index (χ3v) is 2.59. The van der Waals surface area contributed by atoms with E-state index in [2.05, 4.69) is 10.2 Å². The minimum atomic E-state index is -4.43. The van der Waals surface area contributed by atoms with Crippen LogP contribution in [0.5, 0.6) is 0 Å². The van der Waals surface area contributed by atoms with Gasteiger partial charge in [0.2, 0.25) is 0 Å². The van der Waals surface area contributed by atoms with E-state index in [0.29, 0.717) is 0 Å². The van der Waals surface area contributed by atoms with Crippen molar-refractivity contribution in [3.63, 3.8) is 0 Å². The van der Waals surface area contributed by atoms with Crippen molar-refractivity contribution < 1.29 is 13.2 Å². The maximum Gasteiger partial charge on any atom is 0.442 e. The molecule has 5 heteroatoms. The van der Waals surface area contributed by atoms with E-state index in [4.69, 9.17) is 0 Å². The number of hydrogen-bond acceptors (Lipinski definition) is 2. The van der Waals surface area contributed by atoms with Gasteiger partial charge in [0.25, 0.3) is 0 Å². The number of nitrogens with zero attached hydrogens (tertiary/aromatic N) is 2. The SMILES string of the molecule is CCCc1ccc(C2(C(F)(F)F)N=N2)cc1. The maximum atomic E-state index is 12.6. The average Bonchev–Trinajstić information content (AvgIpc) is 2.99. The van der Waals surface area contributed by atoms with Crippen molar-refractivity contribution in [3.8, 4) is 0 Å². The first kappa shape index (κ1) is 11.1. The Morgan fingerprint density at radius 2 is 1.69 bits per heavy atom. The lowest BCUT2D eigenvalue weighted by Gasteiger charge is -2.14. The molecule has 0 bridgehead atoms. The maximum absolute atomic E-state index is 12.6. The highest BCUT2D eigenvalue weighted by Gasteiger charge is 2.65. The fraction of sp³-hybridized carbons (Fsp3) is 0.455. The minimum Gasteiger partial charge on any atom is -0.166 e. The van der Waals surface area contributed by atoms with Crippen LogP contribution in [0.2, 0.25) is 0 Å². The van der Waals surface area contributed by atoms with Gasteiger partial charge in [0, 0.05) is 5.56 Å². The molecule has 0 saturated heterocycles. The monoisotopic (exact) mass is 228 g/mol. The Balaban J connectivity index is 2.23. The van der Waals surface area contributed by atoms with Crippen LogP contribution in [-0.2, 0) is 12.1 Å². The van der Waals surface area contributed by atoms with Gasteiger partial charge in [-0.25, -0.2) is 0 Å². The molecule has 16 heavy (non-hydrogen) atoms. The molecule has 0 fully saturated rings. The highest BCUT2D eigenvalue weighted by Crippen LogP contribution is 2.52. The third kappa shape index (κ3) is 1.70. The van der Waals surface area contributed by atoms with Gasteiger partial charge in [-0.2, -0.15) is 13.2 Å². The quantitative estimate of drug-likeness (QED) is 0.751. The minimum absolute atomic E-state index is 0.0971. The lowest BCUT2D eigenvalue weighted by molar-refractivity contribution is -0.166. The van der Waals surface area contributed by atoms with E-state index in [-0.39, 0.29) is 5.56 Å². The molecule has 0 aromatic heterocycles. The number of rotatable bonds is 3. The number of hydrogen-bond donors (Lipinski definition) is 0. The second-order valence-electron chi connectivity index (χ2n) is 3.82. The molecule has 2 rings (SSSR count). The van der Waals surface area contributed by atoms with E-state index in [0.717, 1.165) is 18.4 Å². The molecule has 0 N–H and O–H groups in total. The van der Waals surface area contributed by atoms with Crippen molar-refractivity contribution in [1.29, 1.82) is 0 Å². The predicted molar refractivity (Wildman–Crippen MR) is 53.0 cm³/mol. The van der Waals surface area contributed by atoms with Gasteiger partial charge in [-0.15, -0.1) is 10.2 Å². The number of benzene rings is 1. The number of alkyl halides is 3. The third-order valence-electron chi connectivity index (χ3n) is 2.59. The fourth-order valence-electron chi connectivity index (χ4n) is 1.64. The van der Waals surface area contributed by atoms with Crippen LogP contribution < -0.4 is 0 Å². The van der Waals surface area contributed by atoms with Gasteiger partial charge in [0.1, 0.15) is 0 Å². The lowest BCUT2D eigenvalue weighted by Crippen LogP contribution is -2.30. The smallest absolute Gasteiger partial charge is 0.166 e. The Morgan fingerprint density at radius 3 is 2.06 bits per heavy atom. The van der Waals surface area contributed by atoms with Crippen LogP contribution in [-0.4, -0.2) is 6.18 Å². The van der Waals surface area contributed by atoms with E-state index in [1.54, 1.807) is 12.1 Å². The van der Waals surface area contributed by atoms with Gasteiger partial charge in [-0.1, -0.05) is 37.6 Å². The van der Waals surface area contributed by atoms with E-state index in [1.807, 2.05) is 6.92 Å². The first-order valence-corrected chi connectivity index (χ1v) is 5.10. The predicted octanol–water partition coefficient (Wildman–Crippen LogP) is 3.82. The zero-order valence-electron chi connectivity index (χ0n) is 8.75. The number of halogens is 3. The largest absolute Gasteiger partial charge is 0.442 e. The van der Waals surface area contributed by atoms with Crippen LogP contribution in [0.25, 0.3) is 0 Å². The Morgan fingerprint density at radius 1 is 1.12 bits per heavy atom. The Labute approximate surface area is 91.2 Å². The molecule has 0 aliphatic carbocycles. The highest BCUT2D eigenvalue weighted by atomic mass is 19.4. The molecular formula is C11H11F3N2. The standard InChI is InChI=1S/C11H11F3N2/c1-2-3-8-4-6-9(7-5-8)10(15-16-10)11(12,13)14/h4-7H,2-3H2,1H3. The van der Waals surface area contributed by atoms with Gasteiger partial charge in [-0.3, -0.25) is 0 Å². The topological polar surface area (TPSA) is 24.7 Å². The van der Waals surface area contributed by atoms with Crippen molar-refractivity contribution in [3.05, 3.63) is 35.4 Å². The molecule has 2 nitrogen and oxygen atoms in total. The molecule has 1 aromatic rings. The molecule has 0 spiro atoms. The van der Waals surface area contributed by atoms with Gasteiger partial charge in [-0.05, 0) is 12.0 Å². The van der Waals surface area contributed by atoms with Crippen molar-refractivity contribution in [1.82, 2.24) is 0 Å². The first-order valence-electron chi connectivity index (χ1n) is 5.10. The van der Waals surface area contributed by atoms with Gasteiger partial charge < -0.3 is 0 Å². The van der Waals surface area contributed by atoms with Crippen LogP contribution >= 0.6 is 0 Å². The summed E-state index contributed by atoms with van der Waals surface area (Å²) in [6, 6.07) is 6.32. The van der Waals surface area contributed by atoms with E-state index < -0.39 is 11.8 Å². The zero-order chi connectivity index (χ0) is 11.8. The normalized spacial score (nSPS) is 17.5.